The van der Waals surface area contributed by atoms with Crippen molar-refractivity contribution in [2.75, 3.05) is 6.61 Å². The molecule has 0 amide bonds. The van der Waals surface area contributed by atoms with E-state index in [1.165, 1.54) is 18.2 Å². The van der Waals surface area contributed by atoms with Crippen molar-refractivity contribution in [3.8, 4) is 17.4 Å². The van der Waals surface area contributed by atoms with Crippen LogP contribution in [-0.4, -0.2) is 23.7 Å². The summed E-state index contributed by atoms with van der Waals surface area (Å²) in [6.45, 7) is 1.83. The molecule has 0 saturated heterocycles. The van der Waals surface area contributed by atoms with Gasteiger partial charge in [-0.15, -0.1) is 0 Å². The fourth-order valence-electron chi connectivity index (χ4n) is 1.85. The van der Waals surface area contributed by atoms with Crippen molar-refractivity contribution < 1.29 is 23.8 Å². The summed E-state index contributed by atoms with van der Waals surface area (Å²) in [5.74, 6) is -0.896. The molecular weight excluding hydrogens is 298 g/mol. The van der Waals surface area contributed by atoms with Gasteiger partial charge in [0.15, 0.2) is 0 Å². The van der Waals surface area contributed by atoms with E-state index in [1.807, 2.05) is 0 Å². The highest BCUT2D eigenvalue weighted by molar-refractivity contribution is 5.97. The molecule has 6 nitrogen and oxygen atoms in total. The molecule has 0 aliphatic rings. The molecular formula is C17H13NO5. The van der Waals surface area contributed by atoms with Crippen molar-refractivity contribution >= 4 is 18.0 Å². The highest BCUT2D eigenvalue weighted by Crippen LogP contribution is 2.24. The molecule has 1 heterocycles. The van der Waals surface area contributed by atoms with Crippen molar-refractivity contribution in [2.45, 2.75) is 6.92 Å². The van der Waals surface area contributed by atoms with Crippen LogP contribution in [0.5, 0.6) is 0 Å². The second kappa shape index (κ2) is 7.09. The Hall–Kier alpha value is -3.33. The lowest BCUT2D eigenvalue weighted by Crippen LogP contribution is -2.05. The summed E-state index contributed by atoms with van der Waals surface area (Å²) < 4.78 is 10.3. The van der Waals surface area contributed by atoms with E-state index >= 15 is 0 Å². The van der Waals surface area contributed by atoms with Gasteiger partial charge in [0.1, 0.15) is 23.2 Å². The number of carbonyl (C=O) groups is 2. The maximum absolute atomic E-state index is 11.5. The van der Waals surface area contributed by atoms with Crippen molar-refractivity contribution in [2.24, 2.45) is 0 Å². The minimum absolute atomic E-state index is 0.158. The summed E-state index contributed by atoms with van der Waals surface area (Å²) in [6, 6.07) is 11.2. The van der Waals surface area contributed by atoms with Gasteiger partial charge in [-0.3, -0.25) is 0 Å². The van der Waals surface area contributed by atoms with Gasteiger partial charge in [0.05, 0.1) is 12.2 Å². The number of carboxylic acids is 1. The van der Waals surface area contributed by atoms with E-state index in [0.29, 0.717) is 17.1 Å². The predicted octanol–water partition coefficient (Wildman–Crippen LogP) is 3.11. The number of benzene rings is 1. The van der Waals surface area contributed by atoms with Crippen LogP contribution in [0.3, 0.4) is 0 Å². The van der Waals surface area contributed by atoms with Gasteiger partial charge in [-0.1, -0.05) is 12.1 Å². The summed E-state index contributed by atoms with van der Waals surface area (Å²) in [6.07, 6.45) is 1.30. The number of nitrogens with zero attached hydrogens (tertiary/aromatic N) is 1. The Labute approximate surface area is 132 Å². The zero-order chi connectivity index (χ0) is 16.8. The molecule has 116 valence electrons. The first-order valence-corrected chi connectivity index (χ1v) is 6.77. The number of hydrogen-bond donors (Lipinski definition) is 1. The number of nitriles is 1. The Balaban J connectivity index is 2.25. The molecule has 23 heavy (non-hydrogen) atoms. The maximum atomic E-state index is 11.5. The number of esters is 1. The zero-order valence-electron chi connectivity index (χ0n) is 12.3. The highest BCUT2D eigenvalue weighted by atomic mass is 16.5. The molecule has 6 heteroatoms. The smallest absolute Gasteiger partial charge is 0.349 e. The molecule has 1 aromatic carbocycles. The summed E-state index contributed by atoms with van der Waals surface area (Å²) in [5.41, 5.74) is 0.702. The number of rotatable bonds is 5. The summed E-state index contributed by atoms with van der Waals surface area (Å²) in [5, 5.41) is 17.8. The van der Waals surface area contributed by atoms with E-state index in [0.717, 1.165) is 0 Å². The van der Waals surface area contributed by atoms with Crippen LogP contribution < -0.4 is 0 Å². The Bertz CT molecular complexity index is 793. The number of ether oxygens (including phenoxy) is 1. The molecule has 0 fully saturated rings. The van der Waals surface area contributed by atoms with Crippen molar-refractivity contribution in [1.82, 2.24) is 0 Å². The molecule has 2 rings (SSSR count). The Kier molecular flexibility index (Phi) is 4.95. The van der Waals surface area contributed by atoms with Crippen molar-refractivity contribution in [3.63, 3.8) is 0 Å². The van der Waals surface area contributed by atoms with Crippen LogP contribution in [0.2, 0.25) is 0 Å². The average molecular weight is 311 g/mol. The molecule has 2 aromatic rings. The molecule has 0 bridgehead atoms. The molecule has 0 aliphatic carbocycles. The van der Waals surface area contributed by atoms with Gasteiger partial charge in [-0.25, -0.2) is 9.59 Å². The van der Waals surface area contributed by atoms with Crippen LogP contribution in [0.25, 0.3) is 17.4 Å². The van der Waals surface area contributed by atoms with Gasteiger partial charge >= 0.3 is 11.9 Å². The average Bonchev–Trinajstić information content (AvgIpc) is 3.01. The normalized spacial score (nSPS) is 10.9. The van der Waals surface area contributed by atoms with Gasteiger partial charge in [-0.2, -0.15) is 5.26 Å². The van der Waals surface area contributed by atoms with Crippen molar-refractivity contribution in [1.29, 1.82) is 5.26 Å². The van der Waals surface area contributed by atoms with Gasteiger partial charge in [0.2, 0.25) is 0 Å². The minimum atomic E-state index is -1.01. The molecule has 0 radical (unpaired) electrons. The van der Waals surface area contributed by atoms with E-state index in [2.05, 4.69) is 0 Å². The topological polar surface area (TPSA) is 101 Å². The van der Waals surface area contributed by atoms with E-state index in [1.54, 1.807) is 37.3 Å². The lowest BCUT2D eigenvalue weighted by Gasteiger charge is -1.99. The first-order chi connectivity index (χ1) is 11.0. The second-order valence-corrected chi connectivity index (χ2v) is 4.47. The fraction of sp³-hybridized carbons (Fsp3) is 0.118. The van der Waals surface area contributed by atoms with E-state index in [-0.39, 0.29) is 17.7 Å². The van der Waals surface area contributed by atoms with E-state index in [9.17, 15) is 9.59 Å². The van der Waals surface area contributed by atoms with Crippen LogP contribution in [0.4, 0.5) is 0 Å². The first kappa shape index (κ1) is 16.0. The third-order valence-electron chi connectivity index (χ3n) is 2.95. The number of hydrogen-bond acceptors (Lipinski definition) is 5. The van der Waals surface area contributed by atoms with Crippen LogP contribution in [0.1, 0.15) is 23.0 Å². The Morgan fingerprint density at radius 3 is 2.52 bits per heavy atom. The molecule has 0 aliphatic heterocycles. The predicted molar refractivity (Wildman–Crippen MR) is 81.3 cm³/mol. The zero-order valence-corrected chi connectivity index (χ0v) is 12.3. The quantitative estimate of drug-likeness (QED) is 0.517. The lowest BCUT2D eigenvalue weighted by molar-refractivity contribution is -0.137. The molecule has 0 atom stereocenters. The third kappa shape index (κ3) is 3.86. The fourth-order valence-corrected chi connectivity index (χ4v) is 1.85. The standard InChI is InChI=1S/C17H13NO5/c1-2-22-17(21)13(10-18)9-14-7-8-15(23-14)11-3-5-12(6-4-11)16(19)20/h3-9H,2H2,1H3,(H,19,20)/b13-9+. The van der Waals surface area contributed by atoms with E-state index in [4.69, 9.17) is 19.5 Å². The van der Waals surface area contributed by atoms with Crippen molar-refractivity contribution in [3.05, 3.63) is 53.3 Å². The van der Waals surface area contributed by atoms with Crippen LogP contribution in [0.15, 0.2) is 46.4 Å². The van der Waals surface area contributed by atoms with Gasteiger partial charge in [0, 0.05) is 11.6 Å². The van der Waals surface area contributed by atoms with Gasteiger partial charge < -0.3 is 14.3 Å². The summed E-state index contributed by atoms with van der Waals surface area (Å²) in [7, 11) is 0. The van der Waals surface area contributed by atoms with Crippen LogP contribution >= 0.6 is 0 Å². The van der Waals surface area contributed by atoms with Gasteiger partial charge in [0.25, 0.3) is 0 Å². The highest BCUT2D eigenvalue weighted by Gasteiger charge is 2.12. The first-order valence-electron chi connectivity index (χ1n) is 6.77. The summed E-state index contributed by atoms with van der Waals surface area (Å²) >= 11 is 0. The number of furan rings is 1. The largest absolute Gasteiger partial charge is 0.478 e. The number of aromatic carboxylic acids is 1. The van der Waals surface area contributed by atoms with Crippen LogP contribution in [-0.2, 0) is 9.53 Å². The molecule has 0 saturated carbocycles. The molecule has 0 unspecified atom stereocenters. The molecule has 0 spiro atoms. The summed E-state index contributed by atoms with van der Waals surface area (Å²) in [4.78, 5) is 22.4. The van der Waals surface area contributed by atoms with E-state index < -0.39 is 11.9 Å². The molecule has 1 N–H and O–H groups in total. The van der Waals surface area contributed by atoms with Crippen LogP contribution in [0, 0.1) is 11.3 Å². The monoisotopic (exact) mass is 311 g/mol. The second-order valence-electron chi connectivity index (χ2n) is 4.47. The lowest BCUT2D eigenvalue weighted by atomic mass is 10.1. The molecule has 1 aromatic heterocycles. The van der Waals surface area contributed by atoms with Gasteiger partial charge in [-0.05, 0) is 31.2 Å². The number of carbonyl (C=O) groups excluding carboxylic acids is 1. The Morgan fingerprint density at radius 2 is 1.96 bits per heavy atom. The third-order valence-corrected chi connectivity index (χ3v) is 2.95. The maximum Gasteiger partial charge on any atom is 0.349 e. The SMILES string of the molecule is CCOC(=O)/C(C#N)=C/c1ccc(-c2ccc(C(=O)O)cc2)o1. The minimum Gasteiger partial charge on any atom is -0.478 e. The Morgan fingerprint density at radius 1 is 1.26 bits per heavy atom. The number of carboxylic acid groups (broad SMARTS) is 1.